The number of carbonyl (C=O) groups is 1. The minimum Gasteiger partial charge on any atom is -0.372 e. The maximum atomic E-state index is 11.8. The van der Waals surface area contributed by atoms with Crippen molar-refractivity contribution in [2.45, 2.75) is 33.6 Å². The van der Waals surface area contributed by atoms with E-state index in [0.29, 0.717) is 19.1 Å². The number of carbonyl (C=O) groups excluding carboxylic acids is 1. The SMILES string of the molecule is CCCOCC(=O)N(CCCN)CC(C)C. The van der Waals surface area contributed by atoms with Crippen molar-refractivity contribution in [1.82, 2.24) is 4.90 Å². The van der Waals surface area contributed by atoms with Gasteiger partial charge >= 0.3 is 0 Å². The molecule has 0 spiro atoms. The fourth-order valence-corrected chi connectivity index (χ4v) is 1.44. The average molecular weight is 230 g/mol. The first kappa shape index (κ1) is 15.4. The van der Waals surface area contributed by atoms with Gasteiger partial charge in [-0.3, -0.25) is 4.79 Å². The second-order valence-corrected chi connectivity index (χ2v) is 4.43. The topological polar surface area (TPSA) is 55.6 Å². The lowest BCUT2D eigenvalue weighted by molar-refractivity contribution is -0.136. The zero-order valence-corrected chi connectivity index (χ0v) is 10.9. The van der Waals surface area contributed by atoms with E-state index in [-0.39, 0.29) is 12.5 Å². The average Bonchev–Trinajstić information content (AvgIpc) is 2.23. The van der Waals surface area contributed by atoms with E-state index in [1.165, 1.54) is 0 Å². The molecule has 0 saturated heterocycles. The molecule has 2 N–H and O–H groups in total. The van der Waals surface area contributed by atoms with E-state index < -0.39 is 0 Å². The van der Waals surface area contributed by atoms with Crippen molar-refractivity contribution in [2.24, 2.45) is 11.7 Å². The van der Waals surface area contributed by atoms with E-state index in [4.69, 9.17) is 10.5 Å². The molecule has 0 aromatic heterocycles. The Balaban J connectivity index is 3.99. The summed E-state index contributed by atoms with van der Waals surface area (Å²) in [6.45, 7) is 9.24. The molecular weight excluding hydrogens is 204 g/mol. The van der Waals surface area contributed by atoms with Crippen LogP contribution < -0.4 is 5.73 Å². The predicted octanol–water partition coefficient (Wildman–Crippen LogP) is 1.25. The minimum atomic E-state index is 0.0793. The molecule has 16 heavy (non-hydrogen) atoms. The molecule has 0 aliphatic rings. The Morgan fingerprint density at radius 2 is 2.12 bits per heavy atom. The lowest BCUT2D eigenvalue weighted by Gasteiger charge is -2.24. The Labute approximate surface area is 99.1 Å². The summed E-state index contributed by atoms with van der Waals surface area (Å²) in [7, 11) is 0. The van der Waals surface area contributed by atoms with E-state index in [1.54, 1.807) is 0 Å². The summed E-state index contributed by atoms with van der Waals surface area (Å²) in [5.74, 6) is 0.559. The Bertz CT molecular complexity index is 184. The second kappa shape index (κ2) is 9.60. The third-order valence-electron chi connectivity index (χ3n) is 2.14. The van der Waals surface area contributed by atoms with Crippen LogP contribution in [0, 0.1) is 5.92 Å². The molecule has 0 saturated carbocycles. The third kappa shape index (κ3) is 7.65. The maximum absolute atomic E-state index is 11.8. The molecule has 0 aromatic carbocycles. The van der Waals surface area contributed by atoms with Crippen molar-refractivity contribution >= 4 is 5.91 Å². The maximum Gasteiger partial charge on any atom is 0.248 e. The zero-order valence-electron chi connectivity index (χ0n) is 10.9. The second-order valence-electron chi connectivity index (χ2n) is 4.43. The molecule has 0 unspecified atom stereocenters. The number of nitrogens with two attached hydrogens (primary N) is 1. The fourth-order valence-electron chi connectivity index (χ4n) is 1.44. The molecule has 4 nitrogen and oxygen atoms in total. The van der Waals surface area contributed by atoms with Crippen LogP contribution in [0.5, 0.6) is 0 Å². The predicted molar refractivity (Wildman–Crippen MR) is 66.2 cm³/mol. The monoisotopic (exact) mass is 230 g/mol. The first-order valence-electron chi connectivity index (χ1n) is 6.17. The normalized spacial score (nSPS) is 10.8. The van der Waals surface area contributed by atoms with Crippen LogP contribution >= 0.6 is 0 Å². The molecular formula is C12H26N2O2. The highest BCUT2D eigenvalue weighted by Gasteiger charge is 2.14. The summed E-state index contributed by atoms with van der Waals surface area (Å²) in [6, 6.07) is 0. The number of nitrogens with zero attached hydrogens (tertiary/aromatic N) is 1. The highest BCUT2D eigenvalue weighted by atomic mass is 16.5. The summed E-state index contributed by atoms with van der Waals surface area (Å²) < 4.78 is 5.26. The molecule has 0 aliphatic heterocycles. The van der Waals surface area contributed by atoms with Gasteiger partial charge in [-0.15, -0.1) is 0 Å². The van der Waals surface area contributed by atoms with E-state index in [2.05, 4.69) is 13.8 Å². The molecule has 0 atom stereocenters. The van der Waals surface area contributed by atoms with E-state index in [1.807, 2.05) is 11.8 Å². The zero-order chi connectivity index (χ0) is 12.4. The van der Waals surface area contributed by atoms with Gasteiger partial charge in [0.1, 0.15) is 6.61 Å². The Hall–Kier alpha value is -0.610. The molecule has 1 amide bonds. The summed E-state index contributed by atoms with van der Waals surface area (Å²) in [6.07, 6.45) is 1.80. The van der Waals surface area contributed by atoms with Crippen LogP contribution in [0.25, 0.3) is 0 Å². The van der Waals surface area contributed by atoms with Gasteiger partial charge in [0.15, 0.2) is 0 Å². The van der Waals surface area contributed by atoms with Gasteiger partial charge in [-0.05, 0) is 25.3 Å². The number of rotatable bonds is 9. The van der Waals surface area contributed by atoms with E-state index >= 15 is 0 Å². The lowest BCUT2D eigenvalue weighted by Crippen LogP contribution is -2.38. The lowest BCUT2D eigenvalue weighted by atomic mass is 10.2. The third-order valence-corrected chi connectivity index (χ3v) is 2.14. The van der Waals surface area contributed by atoms with Gasteiger partial charge in [0.05, 0.1) is 0 Å². The standard InChI is InChI=1S/C12H26N2O2/c1-4-8-16-10-12(15)14(7-5-6-13)9-11(2)3/h11H,4-10,13H2,1-3H3. The molecule has 4 heteroatoms. The van der Waals surface area contributed by atoms with Crippen molar-refractivity contribution in [3.63, 3.8) is 0 Å². The van der Waals surface area contributed by atoms with Crippen LogP contribution in [0.3, 0.4) is 0 Å². The van der Waals surface area contributed by atoms with Crippen LogP contribution in [0.4, 0.5) is 0 Å². The largest absolute Gasteiger partial charge is 0.372 e. The molecule has 0 aliphatic carbocycles. The quantitative estimate of drug-likeness (QED) is 0.606. The summed E-state index contributed by atoms with van der Waals surface area (Å²) in [5.41, 5.74) is 5.46. The molecule has 0 bridgehead atoms. The fraction of sp³-hybridized carbons (Fsp3) is 0.917. The van der Waals surface area contributed by atoms with Gasteiger partial charge in [0.25, 0.3) is 0 Å². The Kier molecular flexibility index (Phi) is 9.24. The Morgan fingerprint density at radius 3 is 2.62 bits per heavy atom. The van der Waals surface area contributed by atoms with E-state index in [0.717, 1.165) is 25.9 Å². The van der Waals surface area contributed by atoms with E-state index in [9.17, 15) is 4.79 Å². The number of hydrogen-bond acceptors (Lipinski definition) is 3. The summed E-state index contributed by atoms with van der Waals surface area (Å²) >= 11 is 0. The van der Waals surface area contributed by atoms with Gasteiger partial charge in [-0.2, -0.15) is 0 Å². The van der Waals surface area contributed by atoms with Crippen molar-refractivity contribution in [3.05, 3.63) is 0 Å². The molecule has 0 aromatic rings. The minimum absolute atomic E-state index is 0.0793. The van der Waals surface area contributed by atoms with Gasteiger partial charge in [0, 0.05) is 19.7 Å². The number of ether oxygens (including phenoxy) is 1. The first-order valence-corrected chi connectivity index (χ1v) is 6.17. The van der Waals surface area contributed by atoms with Crippen LogP contribution in [0.15, 0.2) is 0 Å². The number of hydrogen-bond donors (Lipinski definition) is 1. The van der Waals surface area contributed by atoms with Gasteiger partial charge < -0.3 is 15.4 Å². The molecule has 0 fully saturated rings. The number of amides is 1. The Morgan fingerprint density at radius 1 is 1.44 bits per heavy atom. The van der Waals surface area contributed by atoms with Crippen molar-refractivity contribution in [2.75, 3.05) is 32.8 Å². The molecule has 0 rings (SSSR count). The summed E-state index contributed by atoms with van der Waals surface area (Å²) in [5, 5.41) is 0. The molecule has 96 valence electrons. The van der Waals surface area contributed by atoms with Crippen molar-refractivity contribution < 1.29 is 9.53 Å². The molecule has 0 heterocycles. The highest BCUT2D eigenvalue weighted by molar-refractivity contribution is 5.77. The molecule has 0 radical (unpaired) electrons. The van der Waals surface area contributed by atoms with Crippen molar-refractivity contribution in [1.29, 1.82) is 0 Å². The van der Waals surface area contributed by atoms with Crippen molar-refractivity contribution in [3.8, 4) is 0 Å². The van der Waals surface area contributed by atoms with Gasteiger partial charge in [0.2, 0.25) is 5.91 Å². The summed E-state index contributed by atoms with van der Waals surface area (Å²) in [4.78, 5) is 13.7. The smallest absolute Gasteiger partial charge is 0.248 e. The van der Waals surface area contributed by atoms with Crippen LogP contribution in [0.2, 0.25) is 0 Å². The van der Waals surface area contributed by atoms with Crippen LogP contribution in [-0.4, -0.2) is 43.7 Å². The van der Waals surface area contributed by atoms with Gasteiger partial charge in [-0.1, -0.05) is 20.8 Å². The van der Waals surface area contributed by atoms with Crippen LogP contribution in [-0.2, 0) is 9.53 Å². The highest BCUT2D eigenvalue weighted by Crippen LogP contribution is 2.01. The van der Waals surface area contributed by atoms with Crippen LogP contribution in [0.1, 0.15) is 33.6 Å². The van der Waals surface area contributed by atoms with Gasteiger partial charge in [-0.25, -0.2) is 0 Å². The first-order chi connectivity index (χ1) is 7.61.